The fourth-order valence-electron chi connectivity index (χ4n) is 1.37. The summed E-state index contributed by atoms with van der Waals surface area (Å²) in [6, 6.07) is 5.98. The molecule has 1 aromatic rings. The Morgan fingerprint density at radius 1 is 1.33 bits per heavy atom. The average Bonchev–Trinajstić information content (AvgIpc) is 2.19. The van der Waals surface area contributed by atoms with E-state index >= 15 is 0 Å². The van der Waals surface area contributed by atoms with Crippen molar-refractivity contribution in [3.63, 3.8) is 0 Å². The molecule has 1 rings (SSSR count). The molecule has 0 saturated carbocycles. The van der Waals surface area contributed by atoms with E-state index in [0.29, 0.717) is 6.54 Å². The molecule has 2 N–H and O–H groups in total. The molecule has 3 nitrogen and oxygen atoms in total. The van der Waals surface area contributed by atoms with Crippen molar-refractivity contribution in [3.05, 3.63) is 34.9 Å². The summed E-state index contributed by atoms with van der Waals surface area (Å²) in [5.41, 5.74) is 8.96. The zero-order valence-corrected chi connectivity index (χ0v) is 9.58. The molecular formula is C12H18N2O. The normalized spacial score (nSPS) is 10.1. The molecule has 3 heteroatoms. The lowest BCUT2D eigenvalue weighted by Crippen LogP contribution is -2.33. The van der Waals surface area contributed by atoms with Crippen molar-refractivity contribution < 1.29 is 4.79 Å². The first-order valence-corrected chi connectivity index (χ1v) is 5.07. The van der Waals surface area contributed by atoms with Gasteiger partial charge in [-0.2, -0.15) is 0 Å². The van der Waals surface area contributed by atoms with Crippen molar-refractivity contribution in [1.29, 1.82) is 0 Å². The summed E-state index contributed by atoms with van der Waals surface area (Å²) in [5.74, 6) is 0. The van der Waals surface area contributed by atoms with Crippen molar-refractivity contribution in [2.45, 2.75) is 20.3 Å². The van der Waals surface area contributed by atoms with Gasteiger partial charge in [-0.05, 0) is 37.0 Å². The highest BCUT2D eigenvalue weighted by Crippen LogP contribution is 2.10. The van der Waals surface area contributed by atoms with Crippen LogP contribution in [0.2, 0.25) is 0 Å². The van der Waals surface area contributed by atoms with Crippen LogP contribution < -0.4 is 5.73 Å². The first-order valence-electron chi connectivity index (χ1n) is 5.07. The van der Waals surface area contributed by atoms with E-state index in [4.69, 9.17) is 5.73 Å². The first kappa shape index (κ1) is 11.6. The number of urea groups is 1. The SMILES string of the molecule is Cc1ccc(CCN(C)C(N)=O)cc1C. The van der Waals surface area contributed by atoms with Gasteiger partial charge in [0, 0.05) is 13.6 Å². The minimum Gasteiger partial charge on any atom is -0.351 e. The molecule has 15 heavy (non-hydrogen) atoms. The molecule has 0 radical (unpaired) electrons. The van der Waals surface area contributed by atoms with E-state index in [-0.39, 0.29) is 6.03 Å². The molecular weight excluding hydrogens is 188 g/mol. The maximum absolute atomic E-state index is 10.8. The molecule has 1 aromatic carbocycles. The molecule has 0 fully saturated rings. The van der Waals surface area contributed by atoms with Gasteiger partial charge in [-0.3, -0.25) is 0 Å². The largest absolute Gasteiger partial charge is 0.351 e. The minimum absolute atomic E-state index is 0.376. The van der Waals surface area contributed by atoms with E-state index in [2.05, 4.69) is 32.0 Å². The highest BCUT2D eigenvalue weighted by atomic mass is 16.2. The van der Waals surface area contributed by atoms with Gasteiger partial charge >= 0.3 is 6.03 Å². The van der Waals surface area contributed by atoms with Crippen molar-refractivity contribution >= 4 is 6.03 Å². The first-order chi connectivity index (χ1) is 7.00. The topological polar surface area (TPSA) is 46.3 Å². The van der Waals surface area contributed by atoms with Crippen molar-refractivity contribution in [1.82, 2.24) is 4.90 Å². The second kappa shape index (κ2) is 4.82. The molecule has 82 valence electrons. The molecule has 0 atom stereocenters. The lowest BCUT2D eigenvalue weighted by Gasteiger charge is -2.14. The van der Waals surface area contributed by atoms with Gasteiger partial charge in [0.15, 0.2) is 0 Å². The Morgan fingerprint density at radius 2 is 2.00 bits per heavy atom. The molecule has 0 aliphatic rings. The van der Waals surface area contributed by atoms with E-state index in [1.807, 2.05) is 0 Å². The van der Waals surface area contributed by atoms with Crippen molar-refractivity contribution in [2.75, 3.05) is 13.6 Å². The second-order valence-corrected chi connectivity index (χ2v) is 3.93. The number of aryl methyl sites for hydroxylation is 2. The predicted octanol–water partition coefficient (Wildman–Crippen LogP) is 1.86. The van der Waals surface area contributed by atoms with Gasteiger partial charge in [0.25, 0.3) is 0 Å². The number of nitrogens with zero attached hydrogens (tertiary/aromatic N) is 1. The van der Waals surface area contributed by atoms with Crippen LogP contribution in [0.25, 0.3) is 0 Å². The molecule has 0 unspecified atom stereocenters. The van der Waals surface area contributed by atoms with E-state index in [0.717, 1.165) is 6.42 Å². The number of hydrogen-bond acceptors (Lipinski definition) is 1. The second-order valence-electron chi connectivity index (χ2n) is 3.93. The van der Waals surface area contributed by atoms with Gasteiger partial charge in [0.1, 0.15) is 0 Å². The van der Waals surface area contributed by atoms with Crippen molar-refractivity contribution in [3.8, 4) is 0 Å². The summed E-state index contributed by atoms with van der Waals surface area (Å²) in [6.07, 6.45) is 0.848. The fourth-order valence-corrected chi connectivity index (χ4v) is 1.37. The average molecular weight is 206 g/mol. The van der Waals surface area contributed by atoms with Gasteiger partial charge in [0.2, 0.25) is 0 Å². The number of benzene rings is 1. The molecule has 0 bridgehead atoms. The summed E-state index contributed by atoms with van der Waals surface area (Å²) in [5, 5.41) is 0. The van der Waals surface area contributed by atoms with E-state index in [9.17, 15) is 4.79 Å². The fraction of sp³-hybridized carbons (Fsp3) is 0.417. The summed E-state index contributed by atoms with van der Waals surface area (Å²) in [6.45, 7) is 4.85. The lowest BCUT2D eigenvalue weighted by molar-refractivity contribution is 0.219. The molecule has 0 aliphatic carbocycles. The molecule has 0 heterocycles. The molecule has 0 saturated heterocycles. The number of rotatable bonds is 3. The number of carbonyl (C=O) groups is 1. The van der Waals surface area contributed by atoms with E-state index in [1.165, 1.54) is 21.6 Å². The molecule has 0 aromatic heterocycles. The van der Waals surface area contributed by atoms with Crippen LogP contribution in [0, 0.1) is 13.8 Å². The summed E-state index contributed by atoms with van der Waals surface area (Å²) < 4.78 is 0. The standard InChI is InChI=1S/C12H18N2O/c1-9-4-5-11(8-10(9)2)6-7-14(3)12(13)15/h4-5,8H,6-7H2,1-3H3,(H2,13,15). The summed E-state index contributed by atoms with van der Waals surface area (Å²) >= 11 is 0. The van der Waals surface area contributed by atoms with Crippen LogP contribution in [0.4, 0.5) is 4.79 Å². The van der Waals surface area contributed by atoms with Gasteiger partial charge < -0.3 is 10.6 Å². The highest BCUT2D eigenvalue weighted by molar-refractivity contribution is 5.71. The van der Waals surface area contributed by atoms with Gasteiger partial charge in [-0.25, -0.2) is 4.79 Å². The Bertz CT molecular complexity index is 361. The summed E-state index contributed by atoms with van der Waals surface area (Å²) in [4.78, 5) is 12.3. The lowest BCUT2D eigenvalue weighted by atomic mass is 10.0. The third-order valence-corrected chi connectivity index (χ3v) is 2.68. The molecule has 0 spiro atoms. The number of amides is 2. The van der Waals surface area contributed by atoms with E-state index in [1.54, 1.807) is 7.05 Å². The Morgan fingerprint density at radius 3 is 2.53 bits per heavy atom. The van der Waals surface area contributed by atoms with Crippen molar-refractivity contribution in [2.24, 2.45) is 5.73 Å². The Kier molecular flexibility index (Phi) is 3.72. The minimum atomic E-state index is -0.376. The van der Waals surface area contributed by atoms with Crippen LogP contribution in [0.15, 0.2) is 18.2 Å². The maximum Gasteiger partial charge on any atom is 0.314 e. The van der Waals surface area contributed by atoms with Crippen LogP contribution in [-0.4, -0.2) is 24.5 Å². The highest BCUT2D eigenvalue weighted by Gasteiger charge is 2.03. The van der Waals surface area contributed by atoms with Crippen LogP contribution in [0.3, 0.4) is 0 Å². The van der Waals surface area contributed by atoms with Crippen LogP contribution >= 0.6 is 0 Å². The predicted molar refractivity (Wildman–Crippen MR) is 61.8 cm³/mol. The summed E-state index contributed by atoms with van der Waals surface area (Å²) in [7, 11) is 1.71. The number of nitrogens with two attached hydrogens (primary N) is 1. The number of carbonyl (C=O) groups excluding carboxylic acids is 1. The van der Waals surface area contributed by atoms with Crippen LogP contribution in [0.1, 0.15) is 16.7 Å². The quantitative estimate of drug-likeness (QED) is 0.806. The smallest absolute Gasteiger partial charge is 0.314 e. The number of hydrogen-bond donors (Lipinski definition) is 1. The van der Waals surface area contributed by atoms with Gasteiger partial charge in [0.05, 0.1) is 0 Å². The number of primary amides is 1. The van der Waals surface area contributed by atoms with Crippen LogP contribution in [0.5, 0.6) is 0 Å². The Hall–Kier alpha value is -1.51. The zero-order valence-electron chi connectivity index (χ0n) is 9.58. The number of likely N-dealkylation sites (N-methyl/N-ethyl adjacent to an activating group) is 1. The van der Waals surface area contributed by atoms with Crippen LogP contribution in [-0.2, 0) is 6.42 Å². The molecule has 2 amide bonds. The van der Waals surface area contributed by atoms with Gasteiger partial charge in [-0.15, -0.1) is 0 Å². The molecule has 0 aliphatic heterocycles. The Balaban J connectivity index is 2.58. The monoisotopic (exact) mass is 206 g/mol. The van der Waals surface area contributed by atoms with E-state index < -0.39 is 0 Å². The Labute approximate surface area is 90.9 Å². The third kappa shape index (κ3) is 3.27. The zero-order chi connectivity index (χ0) is 11.4. The maximum atomic E-state index is 10.8. The van der Waals surface area contributed by atoms with Gasteiger partial charge in [-0.1, -0.05) is 18.2 Å². The third-order valence-electron chi connectivity index (χ3n) is 2.68.